The van der Waals surface area contributed by atoms with Crippen LogP contribution in [0.3, 0.4) is 0 Å². The molecule has 1 aromatic rings. The van der Waals surface area contributed by atoms with Crippen molar-refractivity contribution in [3.63, 3.8) is 0 Å². The molecular formula is C11H19N3O. The van der Waals surface area contributed by atoms with Crippen molar-refractivity contribution in [1.82, 2.24) is 10.2 Å². The first-order chi connectivity index (χ1) is 7.22. The van der Waals surface area contributed by atoms with Crippen LogP contribution in [0.25, 0.3) is 0 Å². The second-order valence-electron chi connectivity index (χ2n) is 4.18. The third kappa shape index (κ3) is 2.00. The van der Waals surface area contributed by atoms with Crippen LogP contribution in [0.15, 0.2) is 0 Å². The molecule has 84 valence electrons. The molecule has 1 aliphatic heterocycles. The van der Waals surface area contributed by atoms with Gasteiger partial charge in [-0.2, -0.15) is 5.10 Å². The van der Waals surface area contributed by atoms with Crippen LogP contribution in [0, 0.1) is 0 Å². The molecule has 2 heterocycles. The fourth-order valence-corrected chi connectivity index (χ4v) is 2.11. The van der Waals surface area contributed by atoms with Gasteiger partial charge in [-0.25, -0.2) is 0 Å². The summed E-state index contributed by atoms with van der Waals surface area (Å²) >= 11 is 0. The van der Waals surface area contributed by atoms with E-state index in [1.807, 2.05) is 0 Å². The molecule has 0 fully saturated rings. The van der Waals surface area contributed by atoms with Crippen LogP contribution in [0.4, 0.5) is 5.82 Å². The fourth-order valence-electron chi connectivity index (χ4n) is 2.11. The maximum absolute atomic E-state index is 5.79. The first-order valence-corrected chi connectivity index (χ1v) is 5.68. The number of hydrogen-bond donors (Lipinski definition) is 2. The molecule has 2 atom stereocenters. The molecule has 1 aliphatic rings. The molecule has 0 aliphatic carbocycles. The lowest BCUT2D eigenvalue weighted by atomic mass is 10.0. The number of H-pyrrole nitrogens is 1. The van der Waals surface area contributed by atoms with Gasteiger partial charge in [0.1, 0.15) is 0 Å². The zero-order valence-electron chi connectivity index (χ0n) is 9.63. The van der Waals surface area contributed by atoms with Crippen molar-refractivity contribution < 1.29 is 4.74 Å². The number of aromatic nitrogens is 2. The highest BCUT2D eigenvalue weighted by atomic mass is 16.5. The second-order valence-corrected chi connectivity index (χ2v) is 4.18. The minimum absolute atomic E-state index is 0.141. The van der Waals surface area contributed by atoms with E-state index in [1.54, 1.807) is 0 Å². The van der Waals surface area contributed by atoms with Gasteiger partial charge in [0, 0.05) is 24.2 Å². The van der Waals surface area contributed by atoms with Gasteiger partial charge in [0.25, 0.3) is 0 Å². The van der Waals surface area contributed by atoms with E-state index in [0.29, 0.717) is 0 Å². The van der Waals surface area contributed by atoms with Gasteiger partial charge in [0.15, 0.2) is 5.82 Å². The fraction of sp³-hybridized carbons (Fsp3) is 0.727. The van der Waals surface area contributed by atoms with Crippen molar-refractivity contribution in [3.05, 3.63) is 11.3 Å². The van der Waals surface area contributed by atoms with E-state index in [9.17, 15) is 0 Å². The molecule has 0 amide bonds. The number of nitrogens with zero attached hydrogens (tertiary/aromatic N) is 1. The molecule has 0 radical (unpaired) electrons. The lowest BCUT2D eigenvalue weighted by molar-refractivity contribution is -0.00478. The monoisotopic (exact) mass is 209 g/mol. The predicted octanol–water partition coefficient (Wildman–Crippen LogP) is 2.25. The van der Waals surface area contributed by atoms with E-state index in [2.05, 4.69) is 36.3 Å². The molecule has 4 heteroatoms. The summed E-state index contributed by atoms with van der Waals surface area (Å²) in [4.78, 5) is 0. The van der Waals surface area contributed by atoms with E-state index < -0.39 is 0 Å². The Labute approximate surface area is 90.4 Å². The SMILES string of the molecule is CCCNc1n[nH]c2c1C(C)OC(C)C2. The topological polar surface area (TPSA) is 49.9 Å². The Balaban J connectivity index is 2.21. The summed E-state index contributed by atoms with van der Waals surface area (Å²) in [5.41, 5.74) is 2.43. The molecule has 0 bridgehead atoms. The van der Waals surface area contributed by atoms with Gasteiger partial charge in [-0.05, 0) is 20.3 Å². The highest BCUT2D eigenvalue weighted by Crippen LogP contribution is 2.33. The molecular weight excluding hydrogens is 190 g/mol. The highest BCUT2D eigenvalue weighted by Gasteiger charge is 2.27. The van der Waals surface area contributed by atoms with E-state index in [1.165, 1.54) is 11.3 Å². The Kier molecular flexibility index (Phi) is 2.95. The quantitative estimate of drug-likeness (QED) is 0.802. The summed E-state index contributed by atoms with van der Waals surface area (Å²) in [6, 6.07) is 0. The van der Waals surface area contributed by atoms with E-state index in [0.717, 1.165) is 25.2 Å². The average molecular weight is 209 g/mol. The Bertz CT molecular complexity index is 335. The molecule has 4 nitrogen and oxygen atoms in total. The highest BCUT2D eigenvalue weighted by molar-refractivity contribution is 5.48. The number of fused-ring (bicyclic) bond motifs is 1. The Morgan fingerprint density at radius 3 is 3.07 bits per heavy atom. The molecule has 0 saturated heterocycles. The van der Waals surface area contributed by atoms with Crippen LogP contribution in [0.5, 0.6) is 0 Å². The number of ether oxygens (including phenoxy) is 1. The number of rotatable bonds is 3. The second kappa shape index (κ2) is 4.23. The number of anilines is 1. The Hall–Kier alpha value is -1.03. The minimum Gasteiger partial charge on any atom is -0.370 e. The lowest BCUT2D eigenvalue weighted by Gasteiger charge is -2.25. The molecule has 2 rings (SSSR count). The summed E-state index contributed by atoms with van der Waals surface area (Å²) in [6.45, 7) is 7.29. The third-order valence-corrected chi connectivity index (χ3v) is 2.76. The van der Waals surface area contributed by atoms with Crippen molar-refractivity contribution in [3.8, 4) is 0 Å². The van der Waals surface area contributed by atoms with Crippen LogP contribution >= 0.6 is 0 Å². The molecule has 0 saturated carbocycles. The van der Waals surface area contributed by atoms with E-state index in [-0.39, 0.29) is 12.2 Å². The van der Waals surface area contributed by atoms with Gasteiger partial charge in [-0.1, -0.05) is 6.92 Å². The molecule has 0 spiro atoms. The largest absolute Gasteiger partial charge is 0.370 e. The number of hydrogen-bond acceptors (Lipinski definition) is 3. The van der Waals surface area contributed by atoms with Gasteiger partial charge >= 0.3 is 0 Å². The summed E-state index contributed by atoms with van der Waals surface area (Å²) in [7, 11) is 0. The first kappa shape index (κ1) is 10.5. The normalized spacial score (nSPS) is 25.0. The van der Waals surface area contributed by atoms with E-state index in [4.69, 9.17) is 4.74 Å². The third-order valence-electron chi connectivity index (χ3n) is 2.76. The van der Waals surface area contributed by atoms with Crippen molar-refractivity contribution in [2.24, 2.45) is 0 Å². The average Bonchev–Trinajstić information content (AvgIpc) is 2.58. The van der Waals surface area contributed by atoms with Gasteiger partial charge in [0.05, 0.1) is 12.2 Å². The van der Waals surface area contributed by atoms with Crippen molar-refractivity contribution in [1.29, 1.82) is 0 Å². The number of aromatic amines is 1. The molecule has 2 unspecified atom stereocenters. The maximum atomic E-state index is 5.79. The van der Waals surface area contributed by atoms with Crippen molar-refractivity contribution >= 4 is 5.82 Å². The van der Waals surface area contributed by atoms with Gasteiger partial charge in [-0.3, -0.25) is 5.10 Å². The van der Waals surface area contributed by atoms with Crippen LogP contribution in [-0.4, -0.2) is 22.8 Å². The van der Waals surface area contributed by atoms with E-state index >= 15 is 0 Å². The van der Waals surface area contributed by atoms with Crippen molar-refractivity contribution in [2.75, 3.05) is 11.9 Å². The van der Waals surface area contributed by atoms with Gasteiger partial charge in [-0.15, -0.1) is 0 Å². The van der Waals surface area contributed by atoms with Crippen LogP contribution in [0.1, 0.15) is 44.6 Å². The molecule has 0 aromatic carbocycles. The first-order valence-electron chi connectivity index (χ1n) is 5.68. The lowest BCUT2D eigenvalue weighted by Crippen LogP contribution is -2.22. The zero-order valence-corrected chi connectivity index (χ0v) is 9.63. The predicted molar refractivity (Wildman–Crippen MR) is 60.0 cm³/mol. The van der Waals surface area contributed by atoms with Crippen LogP contribution in [-0.2, 0) is 11.2 Å². The molecule has 1 aromatic heterocycles. The number of nitrogens with one attached hydrogen (secondary N) is 2. The summed E-state index contributed by atoms with van der Waals surface area (Å²) in [5.74, 6) is 0.964. The van der Waals surface area contributed by atoms with Crippen LogP contribution in [0.2, 0.25) is 0 Å². The van der Waals surface area contributed by atoms with Gasteiger partial charge in [0.2, 0.25) is 0 Å². The molecule has 15 heavy (non-hydrogen) atoms. The smallest absolute Gasteiger partial charge is 0.153 e. The Morgan fingerprint density at radius 1 is 1.53 bits per heavy atom. The van der Waals surface area contributed by atoms with Crippen molar-refractivity contribution in [2.45, 2.75) is 45.8 Å². The summed E-state index contributed by atoms with van der Waals surface area (Å²) in [6.07, 6.45) is 2.46. The minimum atomic E-state index is 0.141. The van der Waals surface area contributed by atoms with Gasteiger partial charge < -0.3 is 10.1 Å². The summed E-state index contributed by atoms with van der Waals surface area (Å²) in [5, 5.41) is 10.7. The zero-order chi connectivity index (χ0) is 10.8. The summed E-state index contributed by atoms with van der Waals surface area (Å²) < 4.78 is 5.79. The Morgan fingerprint density at radius 2 is 2.33 bits per heavy atom. The van der Waals surface area contributed by atoms with Crippen LogP contribution < -0.4 is 5.32 Å². The molecule has 2 N–H and O–H groups in total. The maximum Gasteiger partial charge on any atom is 0.153 e. The standard InChI is InChI=1S/C11H19N3O/c1-4-5-12-11-10-8(3)15-7(2)6-9(10)13-14-11/h7-8H,4-6H2,1-3H3,(H2,12,13,14).